The Hall–Kier alpha value is -3.48. The summed E-state index contributed by atoms with van der Waals surface area (Å²) in [6.07, 6.45) is 4.78. The second-order valence-electron chi connectivity index (χ2n) is 9.50. The fourth-order valence-corrected chi connectivity index (χ4v) is 6.24. The van der Waals surface area contributed by atoms with Crippen molar-refractivity contribution in [2.45, 2.75) is 50.2 Å². The lowest BCUT2D eigenvalue weighted by atomic mass is 9.85. The summed E-state index contributed by atoms with van der Waals surface area (Å²) in [5.74, 6) is 1.48. The van der Waals surface area contributed by atoms with Gasteiger partial charge in [0.15, 0.2) is 11.5 Å². The molecule has 2 fully saturated rings. The number of hydrogen-bond donors (Lipinski definition) is 1. The highest BCUT2D eigenvalue weighted by atomic mass is 16.7. The lowest BCUT2D eigenvalue weighted by Crippen LogP contribution is -2.64. The lowest BCUT2D eigenvalue weighted by molar-refractivity contribution is -0.160. The molecule has 2 amide bonds. The molecule has 1 N–H and O–H groups in total. The largest absolute Gasteiger partial charge is 0.454 e. The molecule has 4 heterocycles. The van der Waals surface area contributed by atoms with Gasteiger partial charge in [-0.25, -0.2) is 0 Å². The Bertz CT molecular complexity index is 1290. The average molecular weight is 444 g/mol. The zero-order valence-electron chi connectivity index (χ0n) is 18.3. The second-order valence-corrected chi connectivity index (χ2v) is 9.50. The molecule has 168 valence electrons. The van der Waals surface area contributed by atoms with Crippen LogP contribution in [0.3, 0.4) is 0 Å². The second kappa shape index (κ2) is 7.01. The predicted molar refractivity (Wildman–Crippen MR) is 121 cm³/mol. The van der Waals surface area contributed by atoms with Crippen LogP contribution in [-0.2, 0) is 16.0 Å². The standard InChI is InChI=1S/C26H25N3O4/c30-23-13-28(16-5-1-2-6-16)26(31)20-12-18-17-7-3-4-8-19(17)27-24(18)25(29(20)23)15-9-10-21-22(11-15)33-14-32-21/h3-4,7-11,16,20,25,27H,1-2,5-6,12-14H2/t20-,25+/m1/s1. The van der Waals surface area contributed by atoms with Crippen LogP contribution < -0.4 is 9.47 Å². The molecular weight excluding hydrogens is 418 g/mol. The molecule has 4 aliphatic rings. The summed E-state index contributed by atoms with van der Waals surface area (Å²) < 4.78 is 11.1. The van der Waals surface area contributed by atoms with Gasteiger partial charge in [0.1, 0.15) is 12.6 Å². The van der Waals surface area contributed by atoms with Crippen LogP contribution in [-0.4, -0.2) is 52.0 Å². The maximum atomic E-state index is 13.8. The quantitative estimate of drug-likeness (QED) is 0.658. The first-order valence-corrected chi connectivity index (χ1v) is 11.8. The van der Waals surface area contributed by atoms with Gasteiger partial charge >= 0.3 is 0 Å². The van der Waals surface area contributed by atoms with Crippen molar-refractivity contribution in [3.8, 4) is 11.5 Å². The van der Waals surface area contributed by atoms with E-state index in [0.29, 0.717) is 17.9 Å². The monoisotopic (exact) mass is 443 g/mol. The van der Waals surface area contributed by atoms with Crippen molar-refractivity contribution in [3.05, 3.63) is 59.3 Å². The van der Waals surface area contributed by atoms with Gasteiger partial charge in [0, 0.05) is 29.1 Å². The maximum Gasteiger partial charge on any atom is 0.246 e. The molecular formula is C26H25N3O4. The Morgan fingerprint density at radius 2 is 1.79 bits per heavy atom. The number of hydrogen-bond acceptors (Lipinski definition) is 4. The Balaban J connectivity index is 1.39. The zero-order chi connectivity index (χ0) is 22.1. The molecule has 3 aliphatic heterocycles. The fourth-order valence-electron chi connectivity index (χ4n) is 6.24. The number of fused-ring (bicyclic) bond motifs is 5. The molecule has 1 aromatic heterocycles. The number of para-hydroxylation sites is 1. The van der Waals surface area contributed by atoms with Gasteiger partial charge < -0.3 is 24.3 Å². The molecule has 3 aromatic rings. The number of nitrogens with zero attached hydrogens (tertiary/aromatic N) is 2. The van der Waals surface area contributed by atoms with Crippen LogP contribution in [0.2, 0.25) is 0 Å². The number of rotatable bonds is 2. The van der Waals surface area contributed by atoms with E-state index in [1.54, 1.807) is 0 Å². The number of ether oxygens (including phenoxy) is 2. The summed E-state index contributed by atoms with van der Waals surface area (Å²) in [5.41, 5.74) is 4.07. The van der Waals surface area contributed by atoms with Crippen molar-refractivity contribution >= 4 is 22.7 Å². The number of nitrogens with one attached hydrogen (secondary N) is 1. The molecule has 7 heteroatoms. The van der Waals surface area contributed by atoms with Crippen molar-refractivity contribution in [1.82, 2.24) is 14.8 Å². The Labute approximate surface area is 191 Å². The summed E-state index contributed by atoms with van der Waals surface area (Å²) in [6, 6.07) is 13.3. The van der Waals surface area contributed by atoms with E-state index in [4.69, 9.17) is 9.47 Å². The fraction of sp³-hybridized carbons (Fsp3) is 0.385. The molecule has 2 atom stereocenters. The summed E-state index contributed by atoms with van der Waals surface area (Å²) in [5, 5.41) is 1.12. The molecule has 1 saturated heterocycles. The van der Waals surface area contributed by atoms with E-state index in [9.17, 15) is 9.59 Å². The van der Waals surface area contributed by atoms with Crippen LogP contribution in [0.1, 0.15) is 48.5 Å². The van der Waals surface area contributed by atoms with Crippen LogP contribution in [0.25, 0.3) is 10.9 Å². The summed E-state index contributed by atoms with van der Waals surface area (Å²) in [4.78, 5) is 34.7. The van der Waals surface area contributed by atoms with Crippen molar-refractivity contribution in [2.24, 2.45) is 0 Å². The number of amides is 2. The van der Waals surface area contributed by atoms with Gasteiger partial charge in [-0.2, -0.15) is 0 Å². The van der Waals surface area contributed by atoms with Crippen molar-refractivity contribution < 1.29 is 19.1 Å². The molecule has 0 bridgehead atoms. The normalized spacial score (nSPS) is 24.5. The number of carbonyl (C=O) groups is 2. The first-order chi connectivity index (χ1) is 16.2. The third kappa shape index (κ3) is 2.74. The van der Waals surface area contributed by atoms with E-state index < -0.39 is 6.04 Å². The third-order valence-corrected chi connectivity index (χ3v) is 7.77. The van der Waals surface area contributed by atoms with Gasteiger partial charge in [-0.3, -0.25) is 9.59 Å². The Kier molecular flexibility index (Phi) is 4.04. The Morgan fingerprint density at radius 3 is 2.67 bits per heavy atom. The molecule has 1 aliphatic carbocycles. The molecule has 0 unspecified atom stereocenters. The van der Waals surface area contributed by atoms with Gasteiger partial charge in [-0.05, 0) is 42.2 Å². The van der Waals surface area contributed by atoms with Crippen LogP contribution in [0.4, 0.5) is 0 Å². The molecule has 7 nitrogen and oxygen atoms in total. The lowest BCUT2D eigenvalue weighted by Gasteiger charge is -2.48. The van der Waals surface area contributed by atoms with Crippen LogP contribution >= 0.6 is 0 Å². The summed E-state index contributed by atoms with van der Waals surface area (Å²) >= 11 is 0. The van der Waals surface area contributed by atoms with E-state index in [2.05, 4.69) is 17.1 Å². The molecule has 1 saturated carbocycles. The van der Waals surface area contributed by atoms with Gasteiger partial charge in [0.05, 0.1) is 6.04 Å². The minimum Gasteiger partial charge on any atom is -0.454 e. The topological polar surface area (TPSA) is 74.9 Å². The number of aromatic nitrogens is 1. The van der Waals surface area contributed by atoms with Crippen LogP contribution in [0.15, 0.2) is 42.5 Å². The number of aromatic amines is 1. The third-order valence-electron chi connectivity index (χ3n) is 7.77. The molecule has 7 rings (SSSR count). The highest BCUT2D eigenvalue weighted by molar-refractivity contribution is 5.98. The first-order valence-electron chi connectivity index (χ1n) is 11.8. The molecule has 0 radical (unpaired) electrons. The smallest absolute Gasteiger partial charge is 0.246 e. The van der Waals surface area contributed by atoms with E-state index in [1.807, 2.05) is 40.1 Å². The number of H-pyrrole nitrogens is 1. The van der Waals surface area contributed by atoms with Gasteiger partial charge in [0.25, 0.3) is 0 Å². The van der Waals surface area contributed by atoms with Crippen LogP contribution in [0.5, 0.6) is 11.5 Å². The highest BCUT2D eigenvalue weighted by Crippen LogP contribution is 2.45. The van der Waals surface area contributed by atoms with E-state index in [1.165, 1.54) is 0 Å². The number of piperazine rings is 1. The van der Waals surface area contributed by atoms with Crippen LogP contribution in [0, 0.1) is 0 Å². The Morgan fingerprint density at radius 1 is 0.970 bits per heavy atom. The van der Waals surface area contributed by atoms with Crippen molar-refractivity contribution in [3.63, 3.8) is 0 Å². The van der Waals surface area contributed by atoms with Crippen molar-refractivity contribution in [1.29, 1.82) is 0 Å². The van der Waals surface area contributed by atoms with Gasteiger partial charge in [-0.1, -0.05) is 37.1 Å². The average Bonchev–Trinajstić information content (AvgIpc) is 3.59. The summed E-state index contributed by atoms with van der Waals surface area (Å²) in [6.45, 7) is 0.359. The maximum absolute atomic E-state index is 13.8. The molecule has 2 aromatic carbocycles. The SMILES string of the molecule is O=C1[C@H]2Cc3c([nH]c4ccccc34)[C@H](c3ccc4c(c3)OCO4)N2C(=O)CN1C1CCCC1. The number of carbonyl (C=O) groups excluding carboxylic acids is 2. The van der Waals surface area contributed by atoms with Gasteiger partial charge in [0.2, 0.25) is 18.6 Å². The van der Waals surface area contributed by atoms with E-state index in [-0.39, 0.29) is 37.2 Å². The predicted octanol–water partition coefficient (Wildman–Crippen LogP) is 3.52. The minimum absolute atomic E-state index is 0.0125. The van der Waals surface area contributed by atoms with Crippen molar-refractivity contribution in [2.75, 3.05) is 13.3 Å². The van der Waals surface area contributed by atoms with Gasteiger partial charge in [-0.15, -0.1) is 0 Å². The zero-order valence-corrected chi connectivity index (χ0v) is 18.3. The first kappa shape index (κ1) is 19.0. The highest BCUT2D eigenvalue weighted by Gasteiger charge is 2.49. The van der Waals surface area contributed by atoms with E-state index in [0.717, 1.165) is 53.4 Å². The molecule has 33 heavy (non-hydrogen) atoms. The summed E-state index contributed by atoms with van der Waals surface area (Å²) in [7, 11) is 0. The minimum atomic E-state index is -0.492. The number of benzene rings is 2. The molecule has 0 spiro atoms. The van der Waals surface area contributed by atoms with E-state index >= 15 is 0 Å².